The number of nitrogens with zero attached hydrogens (tertiary/aromatic N) is 3. The minimum absolute atomic E-state index is 0.0598. The SMILES string of the molecule is CC(C)C1CN(C(=O)CN2CCCCC2=O)CCCN1Cc1ccc(F)cc1. The van der Waals surface area contributed by atoms with Crippen molar-refractivity contribution in [2.75, 3.05) is 32.7 Å². The number of carbonyl (C=O) groups excluding carboxylic acids is 2. The summed E-state index contributed by atoms with van der Waals surface area (Å²) in [4.78, 5) is 31.0. The molecule has 2 fully saturated rings. The van der Waals surface area contributed by atoms with Gasteiger partial charge in [-0.05, 0) is 42.9 Å². The van der Waals surface area contributed by atoms with Gasteiger partial charge in [-0.15, -0.1) is 0 Å². The number of halogens is 1. The molecule has 5 nitrogen and oxygen atoms in total. The number of amides is 2. The Balaban J connectivity index is 1.65. The first-order chi connectivity index (χ1) is 13.4. The van der Waals surface area contributed by atoms with E-state index in [-0.39, 0.29) is 30.2 Å². The fourth-order valence-corrected chi connectivity index (χ4v) is 4.23. The third kappa shape index (κ3) is 5.31. The van der Waals surface area contributed by atoms with Gasteiger partial charge < -0.3 is 9.80 Å². The summed E-state index contributed by atoms with van der Waals surface area (Å²) < 4.78 is 13.2. The predicted octanol–water partition coefficient (Wildman–Crippen LogP) is 2.90. The van der Waals surface area contributed by atoms with Gasteiger partial charge in [-0.25, -0.2) is 4.39 Å². The molecule has 1 aromatic rings. The van der Waals surface area contributed by atoms with E-state index in [1.807, 2.05) is 17.0 Å². The van der Waals surface area contributed by atoms with Gasteiger partial charge in [-0.1, -0.05) is 26.0 Å². The quantitative estimate of drug-likeness (QED) is 0.778. The summed E-state index contributed by atoms with van der Waals surface area (Å²) in [6.07, 6.45) is 3.39. The first kappa shape index (κ1) is 20.8. The van der Waals surface area contributed by atoms with E-state index in [9.17, 15) is 14.0 Å². The van der Waals surface area contributed by atoms with Crippen molar-refractivity contribution in [1.29, 1.82) is 0 Å². The summed E-state index contributed by atoms with van der Waals surface area (Å²) in [6.45, 7) is 8.35. The fraction of sp³-hybridized carbons (Fsp3) is 0.636. The molecule has 1 aromatic carbocycles. The lowest BCUT2D eigenvalue weighted by molar-refractivity contribution is -0.142. The Labute approximate surface area is 167 Å². The van der Waals surface area contributed by atoms with E-state index in [4.69, 9.17) is 0 Å². The Morgan fingerprint density at radius 1 is 1.11 bits per heavy atom. The zero-order chi connectivity index (χ0) is 20.1. The van der Waals surface area contributed by atoms with Crippen LogP contribution in [0.5, 0.6) is 0 Å². The van der Waals surface area contributed by atoms with E-state index >= 15 is 0 Å². The summed E-state index contributed by atoms with van der Waals surface area (Å²) in [5.41, 5.74) is 1.09. The van der Waals surface area contributed by atoms with Crippen molar-refractivity contribution in [3.05, 3.63) is 35.6 Å². The molecule has 1 unspecified atom stereocenters. The van der Waals surface area contributed by atoms with Crippen LogP contribution in [0.1, 0.15) is 45.1 Å². The van der Waals surface area contributed by atoms with Gasteiger partial charge in [0.15, 0.2) is 0 Å². The summed E-state index contributed by atoms with van der Waals surface area (Å²) in [7, 11) is 0. The maximum atomic E-state index is 13.2. The highest BCUT2D eigenvalue weighted by Gasteiger charge is 2.31. The number of piperidine rings is 1. The molecule has 2 aliphatic heterocycles. The number of rotatable bonds is 5. The minimum atomic E-state index is -0.218. The van der Waals surface area contributed by atoms with E-state index in [1.165, 1.54) is 12.1 Å². The number of carbonyl (C=O) groups is 2. The Hall–Kier alpha value is -1.95. The van der Waals surface area contributed by atoms with Crippen LogP contribution < -0.4 is 0 Å². The second kappa shape index (κ2) is 9.50. The zero-order valence-electron chi connectivity index (χ0n) is 17.1. The summed E-state index contributed by atoms with van der Waals surface area (Å²) in [5.74, 6) is 0.340. The molecule has 0 spiro atoms. The normalized spacial score (nSPS) is 21.9. The molecule has 0 aliphatic carbocycles. The van der Waals surface area contributed by atoms with Crippen LogP contribution >= 0.6 is 0 Å². The lowest BCUT2D eigenvalue weighted by atomic mass is 10.0. The molecule has 0 N–H and O–H groups in total. The maximum absolute atomic E-state index is 13.2. The molecule has 154 valence electrons. The third-order valence-electron chi connectivity index (χ3n) is 5.92. The van der Waals surface area contributed by atoms with E-state index in [2.05, 4.69) is 18.7 Å². The molecule has 2 saturated heterocycles. The van der Waals surface area contributed by atoms with E-state index in [1.54, 1.807) is 4.90 Å². The van der Waals surface area contributed by atoms with Crippen LogP contribution in [0.2, 0.25) is 0 Å². The highest BCUT2D eigenvalue weighted by molar-refractivity contribution is 5.85. The van der Waals surface area contributed by atoms with Gasteiger partial charge >= 0.3 is 0 Å². The van der Waals surface area contributed by atoms with Gasteiger partial charge in [-0.2, -0.15) is 0 Å². The molecule has 0 aromatic heterocycles. The molecule has 0 radical (unpaired) electrons. The van der Waals surface area contributed by atoms with Crippen LogP contribution in [-0.4, -0.2) is 65.3 Å². The minimum Gasteiger partial charge on any atom is -0.340 e. The Morgan fingerprint density at radius 3 is 2.54 bits per heavy atom. The Morgan fingerprint density at radius 2 is 1.86 bits per heavy atom. The molecule has 0 bridgehead atoms. The standard InChI is InChI=1S/C22H32FN3O2/c1-17(2)20-15-25(22(28)16-26-11-4-3-6-21(26)27)13-5-12-24(20)14-18-7-9-19(23)10-8-18/h7-10,17,20H,3-6,11-16H2,1-2H3. The first-order valence-corrected chi connectivity index (χ1v) is 10.5. The molecule has 0 saturated carbocycles. The highest BCUT2D eigenvalue weighted by Crippen LogP contribution is 2.21. The van der Waals surface area contributed by atoms with Gasteiger partial charge in [0.1, 0.15) is 5.82 Å². The van der Waals surface area contributed by atoms with Crippen molar-refractivity contribution < 1.29 is 14.0 Å². The van der Waals surface area contributed by atoms with E-state index < -0.39 is 0 Å². The van der Waals surface area contributed by atoms with Crippen LogP contribution in [0.4, 0.5) is 4.39 Å². The lowest BCUT2D eigenvalue weighted by Gasteiger charge is -2.35. The van der Waals surface area contributed by atoms with Crippen LogP contribution in [0, 0.1) is 11.7 Å². The third-order valence-corrected chi connectivity index (χ3v) is 5.92. The van der Waals surface area contributed by atoms with E-state index in [0.29, 0.717) is 25.4 Å². The molecule has 1 atom stereocenters. The van der Waals surface area contributed by atoms with Gasteiger partial charge in [0, 0.05) is 45.2 Å². The molecule has 2 heterocycles. The number of hydrogen-bond acceptors (Lipinski definition) is 3. The topological polar surface area (TPSA) is 43.9 Å². The average Bonchev–Trinajstić information content (AvgIpc) is 2.88. The first-order valence-electron chi connectivity index (χ1n) is 10.5. The van der Waals surface area contributed by atoms with Crippen molar-refractivity contribution >= 4 is 11.8 Å². The van der Waals surface area contributed by atoms with Crippen molar-refractivity contribution in [3.8, 4) is 0 Å². The van der Waals surface area contributed by atoms with Gasteiger partial charge in [0.2, 0.25) is 11.8 Å². The average molecular weight is 390 g/mol. The van der Waals surface area contributed by atoms with Gasteiger partial charge in [0.25, 0.3) is 0 Å². The summed E-state index contributed by atoms with van der Waals surface area (Å²) in [6, 6.07) is 6.92. The number of benzene rings is 1. The van der Waals surface area contributed by atoms with Crippen LogP contribution in [0.25, 0.3) is 0 Å². The van der Waals surface area contributed by atoms with Crippen LogP contribution in [-0.2, 0) is 16.1 Å². The molecular formula is C22H32FN3O2. The van der Waals surface area contributed by atoms with Crippen molar-refractivity contribution in [3.63, 3.8) is 0 Å². The molecule has 6 heteroatoms. The van der Waals surface area contributed by atoms with E-state index in [0.717, 1.165) is 44.5 Å². The summed E-state index contributed by atoms with van der Waals surface area (Å²) in [5, 5.41) is 0. The summed E-state index contributed by atoms with van der Waals surface area (Å²) >= 11 is 0. The molecular weight excluding hydrogens is 357 g/mol. The van der Waals surface area contributed by atoms with Crippen molar-refractivity contribution in [1.82, 2.24) is 14.7 Å². The Bertz CT molecular complexity index is 677. The lowest BCUT2D eigenvalue weighted by Crippen LogP contribution is -2.49. The predicted molar refractivity (Wildman–Crippen MR) is 107 cm³/mol. The second-order valence-corrected chi connectivity index (χ2v) is 8.37. The molecule has 2 aliphatic rings. The van der Waals surface area contributed by atoms with Crippen molar-refractivity contribution in [2.24, 2.45) is 5.92 Å². The Kier molecular flexibility index (Phi) is 7.05. The molecule has 2 amide bonds. The second-order valence-electron chi connectivity index (χ2n) is 8.37. The largest absolute Gasteiger partial charge is 0.340 e. The zero-order valence-corrected chi connectivity index (χ0v) is 17.1. The van der Waals surface area contributed by atoms with Crippen LogP contribution in [0.15, 0.2) is 24.3 Å². The van der Waals surface area contributed by atoms with Gasteiger partial charge in [0.05, 0.1) is 6.54 Å². The number of likely N-dealkylation sites (tertiary alicyclic amines) is 1. The molecule has 28 heavy (non-hydrogen) atoms. The number of hydrogen-bond donors (Lipinski definition) is 0. The fourth-order valence-electron chi connectivity index (χ4n) is 4.23. The van der Waals surface area contributed by atoms with Crippen LogP contribution in [0.3, 0.4) is 0 Å². The maximum Gasteiger partial charge on any atom is 0.242 e. The molecule has 3 rings (SSSR count). The monoisotopic (exact) mass is 389 g/mol. The van der Waals surface area contributed by atoms with Crippen molar-refractivity contribution in [2.45, 2.75) is 52.1 Å². The smallest absolute Gasteiger partial charge is 0.242 e. The van der Waals surface area contributed by atoms with Gasteiger partial charge in [-0.3, -0.25) is 14.5 Å². The highest BCUT2D eigenvalue weighted by atomic mass is 19.1.